The molecular weight excluding hydrogens is 314 g/mol. The molecule has 0 aliphatic rings. The topological polar surface area (TPSA) is 83.7 Å². The van der Waals surface area contributed by atoms with Gasteiger partial charge in [0.05, 0.1) is 11.1 Å². The standard InChI is InChI=1S/C13H14ClN3O3S/c1-13(2,11(19)20)7-15-9(18)4-3-8-10(14)16-12-17(8)5-6-21-12/h3-6H,7H2,1-2H3,(H,15,18)(H,19,20)/b4-3+. The smallest absolute Gasteiger partial charge is 0.310 e. The van der Waals surface area contributed by atoms with E-state index in [-0.39, 0.29) is 12.5 Å². The molecule has 21 heavy (non-hydrogen) atoms. The average molecular weight is 328 g/mol. The molecule has 0 fully saturated rings. The summed E-state index contributed by atoms with van der Waals surface area (Å²) in [5.41, 5.74) is -0.404. The first-order valence-corrected chi connectivity index (χ1v) is 7.37. The van der Waals surface area contributed by atoms with Gasteiger partial charge in [0.2, 0.25) is 5.91 Å². The molecule has 2 N–H and O–H groups in total. The molecule has 0 aliphatic heterocycles. The van der Waals surface area contributed by atoms with Gasteiger partial charge in [-0.3, -0.25) is 14.0 Å². The van der Waals surface area contributed by atoms with Crippen molar-refractivity contribution in [3.63, 3.8) is 0 Å². The Morgan fingerprint density at radius 3 is 2.95 bits per heavy atom. The number of imidazole rings is 1. The summed E-state index contributed by atoms with van der Waals surface area (Å²) >= 11 is 7.44. The number of carboxylic acids is 1. The predicted octanol–water partition coefficient (Wildman–Crippen LogP) is 2.29. The summed E-state index contributed by atoms with van der Waals surface area (Å²) < 4.78 is 1.78. The van der Waals surface area contributed by atoms with Crippen LogP contribution in [0.25, 0.3) is 11.0 Å². The number of rotatable bonds is 5. The highest BCUT2D eigenvalue weighted by Gasteiger charge is 2.27. The molecule has 2 aromatic rings. The Hall–Kier alpha value is -1.86. The average Bonchev–Trinajstić information content (AvgIpc) is 2.95. The maximum absolute atomic E-state index is 11.7. The Morgan fingerprint density at radius 1 is 1.57 bits per heavy atom. The number of halogens is 1. The zero-order chi connectivity index (χ0) is 15.6. The molecule has 1 amide bonds. The van der Waals surface area contributed by atoms with E-state index < -0.39 is 11.4 Å². The maximum Gasteiger partial charge on any atom is 0.310 e. The number of hydrogen-bond acceptors (Lipinski definition) is 4. The summed E-state index contributed by atoms with van der Waals surface area (Å²) in [6.45, 7) is 3.13. The maximum atomic E-state index is 11.7. The van der Waals surface area contributed by atoms with Crippen LogP contribution < -0.4 is 5.32 Å². The fourth-order valence-corrected chi connectivity index (χ4v) is 2.53. The van der Waals surface area contributed by atoms with E-state index in [9.17, 15) is 9.59 Å². The number of carbonyl (C=O) groups is 2. The number of hydrogen-bond donors (Lipinski definition) is 2. The lowest BCUT2D eigenvalue weighted by Crippen LogP contribution is -2.38. The number of carbonyl (C=O) groups excluding carboxylic acids is 1. The second kappa shape index (κ2) is 5.87. The van der Waals surface area contributed by atoms with E-state index in [0.717, 1.165) is 4.96 Å². The van der Waals surface area contributed by atoms with Crippen LogP contribution in [0.4, 0.5) is 0 Å². The van der Waals surface area contributed by atoms with Gasteiger partial charge in [-0.05, 0) is 19.9 Å². The van der Waals surface area contributed by atoms with Crippen LogP contribution in [-0.4, -0.2) is 32.9 Å². The van der Waals surface area contributed by atoms with Crippen LogP contribution in [0.2, 0.25) is 5.15 Å². The van der Waals surface area contributed by atoms with Gasteiger partial charge in [0.25, 0.3) is 0 Å². The van der Waals surface area contributed by atoms with Gasteiger partial charge in [-0.15, -0.1) is 11.3 Å². The van der Waals surface area contributed by atoms with Crippen LogP contribution in [0.1, 0.15) is 19.5 Å². The Balaban J connectivity index is 2.04. The molecule has 0 spiro atoms. The van der Waals surface area contributed by atoms with Crippen molar-refractivity contribution >= 4 is 45.9 Å². The zero-order valence-electron chi connectivity index (χ0n) is 11.5. The van der Waals surface area contributed by atoms with Crippen LogP contribution in [-0.2, 0) is 9.59 Å². The van der Waals surface area contributed by atoms with Gasteiger partial charge in [0, 0.05) is 24.2 Å². The molecule has 0 aromatic carbocycles. The highest BCUT2D eigenvalue weighted by atomic mass is 35.5. The molecule has 112 valence electrons. The van der Waals surface area contributed by atoms with Crippen LogP contribution in [0, 0.1) is 5.41 Å². The van der Waals surface area contributed by atoms with Crippen LogP contribution in [0.5, 0.6) is 0 Å². The summed E-state index contributed by atoms with van der Waals surface area (Å²) in [6, 6.07) is 0. The second-order valence-corrected chi connectivity index (χ2v) is 6.31. The van der Waals surface area contributed by atoms with E-state index in [0.29, 0.717) is 10.8 Å². The molecule has 0 bridgehead atoms. The minimum absolute atomic E-state index is 0.0412. The molecule has 0 radical (unpaired) electrons. The molecule has 6 nitrogen and oxygen atoms in total. The number of aliphatic carboxylic acids is 1. The molecule has 8 heteroatoms. The lowest BCUT2D eigenvalue weighted by atomic mass is 9.94. The molecule has 2 aromatic heterocycles. The van der Waals surface area contributed by atoms with Crippen molar-refractivity contribution in [1.82, 2.24) is 14.7 Å². The van der Waals surface area contributed by atoms with E-state index in [1.54, 1.807) is 24.3 Å². The third kappa shape index (κ3) is 3.43. The lowest BCUT2D eigenvalue weighted by Gasteiger charge is -2.18. The Labute approximate surface area is 130 Å². The Bertz CT molecular complexity index is 717. The molecule has 0 atom stereocenters. The highest BCUT2D eigenvalue weighted by molar-refractivity contribution is 7.15. The fourth-order valence-electron chi connectivity index (χ4n) is 1.52. The monoisotopic (exact) mass is 327 g/mol. The predicted molar refractivity (Wildman–Crippen MR) is 81.5 cm³/mol. The van der Waals surface area contributed by atoms with Gasteiger partial charge in [-0.1, -0.05) is 11.6 Å². The third-order valence-corrected chi connectivity index (χ3v) is 3.96. The highest BCUT2D eigenvalue weighted by Crippen LogP contribution is 2.22. The zero-order valence-corrected chi connectivity index (χ0v) is 13.0. The van der Waals surface area contributed by atoms with Crippen molar-refractivity contribution in [1.29, 1.82) is 0 Å². The van der Waals surface area contributed by atoms with E-state index in [1.807, 2.05) is 11.6 Å². The Morgan fingerprint density at radius 2 is 2.29 bits per heavy atom. The lowest BCUT2D eigenvalue weighted by molar-refractivity contribution is -0.146. The first-order chi connectivity index (χ1) is 9.81. The van der Waals surface area contributed by atoms with Gasteiger partial charge < -0.3 is 10.4 Å². The first kappa shape index (κ1) is 15.5. The number of amides is 1. The number of aromatic nitrogens is 2. The molecular formula is C13H14ClN3O3S. The third-order valence-electron chi connectivity index (χ3n) is 2.93. The normalized spacial score (nSPS) is 12.1. The van der Waals surface area contributed by atoms with E-state index in [1.165, 1.54) is 17.4 Å². The SMILES string of the molecule is CC(C)(CNC(=O)/C=C/c1c(Cl)nc2sccn12)C(=O)O. The van der Waals surface area contributed by atoms with E-state index in [2.05, 4.69) is 10.3 Å². The van der Waals surface area contributed by atoms with Crippen molar-refractivity contribution in [2.24, 2.45) is 5.41 Å². The summed E-state index contributed by atoms with van der Waals surface area (Å²) in [6.07, 6.45) is 4.67. The molecule has 0 saturated heterocycles. The van der Waals surface area contributed by atoms with E-state index in [4.69, 9.17) is 16.7 Å². The van der Waals surface area contributed by atoms with E-state index >= 15 is 0 Å². The van der Waals surface area contributed by atoms with Gasteiger partial charge in [0.1, 0.15) is 0 Å². The quantitative estimate of drug-likeness (QED) is 0.825. The number of nitrogens with one attached hydrogen (secondary N) is 1. The fraction of sp³-hybridized carbons (Fsp3) is 0.308. The van der Waals surface area contributed by atoms with Crippen molar-refractivity contribution in [3.8, 4) is 0 Å². The number of carboxylic acid groups (broad SMARTS) is 1. The molecule has 0 saturated carbocycles. The Kier molecular flexibility index (Phi) is 4.34. The van der Waals surface area contributed by atoms with Crippen molar-refractivity contribution < 1.29 is 14.7 Å². The van der Waals surface area contributed by atoms with Crippen LogP contribution in [0.3, 0.4) is 0 Å². The largest absolute Gasteiger partial charge is 0.481 e. The van der Waals surface area contributed by atoms with Crippen molar-refractivity contribution in [2.75, 3.05) is 6.54 Å². The van der Waals surface area contributed by atoms with Crippen molar-refractivity contribution in [3.05, 3.63) is 28.5 Å². The summed E-state index contributed by atoms with van der Waals surface area (Å²) in [5.74, 6) is -1.35. The summed E-state index contributed by atoms with van der Waals surface area (Å²) in [4.78, 5) is 27.6. The van der Waals surface area contributed by atoms with Gasteiger partial charge in [0.15, 0.2) is 10.1 Å². The number of nitrogens with zero attached hydrogens (tertiary/aromatic N) is 2. The van der Waals surface area contributed by atoms with Crippen LogP contribution in [0.15, 0.2) is 17.7 Å². The van der Waals surface area contributed by atoms with Gasteiger partial charge >= 0.3 is 5.97 Å². The van der Waals surface area contributed by atoms with Gasteiger partial charge in [-0.25, -0.2) is 4.98 Å². The number of fused-ring (bicyclic) bond motifs is 1. The molecule has 0 aliphatic carbocycles. The van der Waals surface area contributed by atoms with Crippen molar-refractivity contribution in [2.45, 2.75) is 13.8 Å². The summed E-state index contributed by atoms with van der Waals surface area (Å²) in [7, 11) is 0. The minimum atomic E-state index is -1.02. The molecule has 2 rings (SSSR count). The molecule has 0 unspecified atom stereocenters. The molecule has 2 heterocycles. The van der Waals surface area contributed by atoms with Gasteiger partial charge in [-0.2, -0.15) is 0 Å². The van der Waals surface area contributed by atoms with Crippen LogP contribution >= 0.6 is 22.9 Å². The second-order valence-electron chi connectivity index (χ2n) is 5.08. The minimum Gasteiger partial charge on any atom is -0.481 e. The number of thiazole rings is 1. The first-order valence-electron chi connectivity index (χ1n) is 6.11. The summed E-state index contributed by atoms with van der Waals surface area (Å²) in [5, 5.41) is 13.7.